The zero-order valence-corrected chi connectivity index (χ0v) is 17.7. The lowest BCUT2D eigenvalue weighted by Gasteiger charge is -2.28. The Bertz CT molecular complexity index is 1400. The first-order valence-corrected chi connectivity index (χ1v) is 10.7. The number of fused-ring (bicyclic) bond motifs is 2. The molecule has 6 heterocycles. The minimum atomic E-state index is 0.880. The van der Waals surface area contributed by atoms with E-state index >= 15 is 0 Å². The molecule has 1 aliphatic heterocycles. The maximum atomic E-state index is 4.62. The zero-order chi connectivity index (χ0) is 20.9. The minimum Gasteiger partial charge on any atom is -0.370 e. The summed E-state index contributed by atoms with van der Waals surface area (Å²) in [4.78, 5) is 19.5. The summed E-state index contributed by atoms with van der Waals surface area (Å²) in [6.45, 7) is 4.17. The van der Waals surface area contributed by atoms with Crippen molar-refractivity contribution < 1.29 is 0 Å². The number of rotatable bonds is 3. The normalized spacial score (nSPS) is 14.7. The second-order valence-corrected chi connectivity index (χ2v) is 8.29. The smallest absolute Gasteiger partial charge is 0.116 e. The van der Waals surface area contributed by atoms with E-state index < -0.39 is 0 Å². The molecular formula is C23H24N8. The zero-order valence-electron chi connectivity index (χ0n) is 17.7. The molecule has 156 valence electrons. The highest BCUT2D eigenvalue weighted by molar-refractivity contribution is 6.00. The fourth-order valence-electron chi connectivity index (χ4n) is 4.55. The highest BCUT2D eigenvalue weighted by Gasteiger charge is 2.18. The third kappa shape index (κ3) is 2.90. The molecule has 0 spiro atoms. The highest BCUT2D eigenvalue weighted by Crippen LogP contribution is 2.34. The van der Waals surface area contributed by atoms with E-state index in [-0.39, 0.29) is 0 Å². The molecule has 5 aromatic rings. The molecule has 0 aromatic carbocycles. The average molecular weight is 413 g/mol. The number of aryl methyl sites for hydroxylation is 1. The Morgan fingerprint density at radius 2 is 1.77 bits per heavy atom. The van der Waals surface area contributed by atoms with Gasteiger partial charge < -0.3 is 14.5 Å². The maximum absolute atomic E-state index is 4.62. The summed E-state index contributed by atoms with van der Waals surface area (Å²) in [7, 11) is 2.01. The van der Waals surface area contributed by atoms with Crippen molar-refractivity contribution in [1.29, 1.82) is 0 Å². The van der Waals surface area contributed by atoms with E-state index in [2.05, 4.69) is 47.2 Å². The highest BCUT2D eigenvalue weighted by atomic mass is 15.1. The first-order chi connectivity index (χ1) is 15.2. The Hall–Kier alpha value is -3.68. The Labute approximate surface area is 179 Å². The number of piperidine rings is 1. The van der Waals surface area contributed by atoms with Crippen LogP contribution in [0.2, 0.25) is 0 Å². The van der Waals surface area contributed by atoms with Crippen LogP contribution >= 0.6 is 0 Å². The van der Waals surface area contributed by atoms with Gasteiger partial charge in [-0.05, 0) is 38.3 Å². The lowest BCUT2D eigenvalue weighted by molar-refractivity contribution is 0.578. The van der Waals surface area contributed by atoms with E-state index in [0.29, 0.717) is 0 Å². The lowest BCUT2D eigenvalue weighted by Crippen LogP contribution is -2.29. The summed E-state index contributed by atoms with van der Waals surface area (Å²) in [5.41, 5.74) is 6.87. The Kier molecular flexibility index (Phi) is 4.05. The summed E-state index contributed by atoms with van der Waals surface area (Å²) < 4.78 is 2.05. The third-order valence-corrected chi connectivity index (χ3v) is 6.41. The Balaban J connectivity index is 1.47. The summed E-state index contributed by atoms with van der Waals surface area (Å²) >= 11 is 0. The largest absolute Gasteiger partial charge is 0.370 e. The molecule has 31 heavy (non-hydrogen) atoms. The van der Waals surface area contributed by atoms with Gasteiger partial charge >= 0.3 is 0 Å². The molecule has 5 aromatic heterocycles. The number of nitrogens with zero attached hydrogens (tertiary/aromatic N) is 6. The number of aromatic nitrogens is 7. The molecule has 1 saturated heterocycles. The van der Waals surface area contributed by atoms with Crippen LogP contribution < -0.4 is 4.90 Å². The van der Waals surface area contributed by atoms with Gasteiger partial charge in [-0.25, -0.2) is 4.98 Å². The molecule has 2 N–H and O–H groups in total. The van der Waals surface area contributed by atoms with Crippen molar-refractivity contribution in [3.63, 3.8) is 0 Å². The first-order valence-electron chi connectivity index (χ1n) is 10.7. The molecule has 0 bridgehead atoms. The van der Waals surface area contributed by atoms with Crippen molar-refractivity contribution in [2.75, 3.05) is 18.0 Å². The van der Waals surface area contributed by atoms with Crippen LogP contribution in [-0.2, 0) is 7.05 Å². The van der Waals surface area contributed by atoms with E-state index in [4.69, 9.17) is 0 Å². The number of H-pyrrole nitrogens is 2. The van der Waals surface area contributed by atoms with Crippen LogP contribution in [0.5, 0.6) is 0 Å². The van der Waals surface area contributed by atoms with Gasteiger partial charge in [0.15, 0.2) is 0 Å². The van der Waals surface area contributed by atoms with Crippen LogP contribution in [0.4, 0.5) is 5.69 Å². The van der Waals surface area contributed by atoms with Crippen molar-refractivity contribution in [2.24, 2.45) is 7.05 Å². The average Bonchev–Trinajstić information content (AvgIpc) is 3.50. The van der Waals surface area contributed by atoms with Crippen molar-refractivity contribution in [3.05, 3.63) is 42.7 Å². The molecule has 0 amide bonds. The van der Waals surface area contributed by atoms with E-state index in [9.17, 15) is 0 Å². The van der Waals surface area contributed by atoms with Crippen molar-refractivity contribution in [3.8, 4) is 22.8 Å². The molecule has 0 unspecified atom stereocenters. The summed E-state index contributed by atoms with van der Waals surface area (Å²) in [6, 6.07) is 4.28. The van der Waals surface area contributed by atoms with Gasteiger partial charge in [-0.15, -0.1) is 0 Å². The first kappa shape index (κ1) is 18.1. The van der Waals surface area contributed by atoms with E-state index in [1.54, 1.807) is 0 Å². The Morgan fingerprint density at radius 3 is 2.58 bits per heavy atom. The topological polar surface area (TPSA) is 91.3 Å². The second kappa shape index (κ2) is 6.94. The van der Waals surface area contributed by atoms with Gasteiger partial charge in [-0.3, -0.25) is 15.1 Å². The van der Waals surface area contributed by atoms with Crippen molar-refractivity contribution in [1.82, 2.24) is 34.7 Å². The number of nitrogens with one attached hydrogen (secondary N) is 2. The molecule has 0 aliphatic carbocycles. The van der Waals surface area contributed by atoms with Crippen molar-refractivity contribution in [2.45, 2.75) is 26.2 Å². The molecule has 0 saturated carbocycles. The predicted molar refractivity (Wildman–Crippen MR) is 122 cm³/mol. The molecular weight excluding hydrogens is 388 g/mol. The monoisotopic (exact) mass is 412 g/mol. The standard InChI is InChI=1S/C23H24N8/c1-14-25-13-22(30(14)2)17-9-16-20(11-26-17)28-29-23(16)18-8-15-19(27-18)10-24-12-21(15)31-6-4-3-5-7-31/h8-13,27H,3-7H2,1-2H3,(H,28,29). The second-order valence-electron chi connectivity index (χ2n) is 8.29. The minimum absolute atomic E-state index is 0.880. The van der Waals surface area contributed by atoms with Crippen LogP contribution in [0.15, 0.2) is 36.9 Å². The fraction of sp³-hybridized carbons (Fsp3) is 0.304. The van der Waals surface area contributed by atoms with Crippen molar-refractivity contribution >= 4 is 27.5 Å². The van der Waals surface area contributed by atoms with Gasteiger partial charge in [0.05, 0.1) is 58.6 Å². The number of pyridine rings is 2. The molecule has 1 aliphatic rings. The maximum Gasteiger partial charge on any atom is 0.116 e. The van der Waals surface area contributed by atoms with Gasteiger partial charge in [0.1, 0.15) is 11.5 Å². The van der Waals surface area contributed by atoms with E-state index in [1.807, 2.05) is 43.3 Å². The molecule has 0 atom stereocenters. The van der Waals surface area contributed by atoms with Gasteiger partial charge in [-0.1, -0.05) is 0 Å². The molecule has 6 rings (SSSR count). The predicted octanol–water partition coefficient (Wildman–Crippen LogP) is 4.20. The van der Waals surface area contributed by atoms with Crippen LogP contribution in [0.25, 0.3) is 44.6 Å². The number of aromatic amines is 2. The SMILES string of the molecule is Cc1ncc(-c2cc3c(-c4cc5c(N6CCCCC6)cncc5[nH]4)n[nH]c3cn2)n1C. The third-order valence-electron chi connectivity index (χ3n) is 6.41. The number of hydrogen-bond acceptors (Lipinski definition) is 5. The van der Waals surface area contributed by atoms with Gasteiger partial charge in [0.2, 0.25) is 0 Å². The number of hydrogen-bond donors (Lipinski definition) is 2. The van der Waals surface area contributed by atoms with Gasteiger partial charge in [0, 0.05) is 30.9 Å². The van der Waals surface area contributed by atoms with E-state index in [1.165, 1.54) is 30.3 Å². The van der Waals surface area contributed by atoms with Gasteiger partial charge in [0.25, 0.3) is 0 Å². The fourth-order valence-corrected chi connectivity index (χ4v) is 4.55. The van der Waals surface area contributed by atoms with Crippen LogP contribution in [0.3, 0.4) is 0 Å². The summed E-state index contributed by atoms with van der Waals surface area (Å²) in [6.07, 6.45) is 11.4. The molecule has 8 heteroatoms. The van der Waals surface area contributed by atoms with E-state index in [0.717, 1.165) is 58.1 Å². The molecule has 1 fully saturated rings. The molecule has 8 nitrogen and oxygen atoms in total. The number of anilines is 1. The summed E-state index contributed by atoms with van der Waals surface area (Å²) in [5, 5.41) is 9.96. The number of imidazole rings is 1. The molecule has 0 radical (unpaired) electrons. The van der Waals surface area contributed by atoms with Crippen LogP contribution in [0, 0.1) is 6.92 Å². The quantitative estimate of drug-likeness (QED) is 0.463. The summed E-state index contributed by atoms with van der Waals surface area (Å²) in [5.74, 6) is 0.956. The van der Waals surface area contributed by atoms with Crippen LogP contribution in [-0.4, -0.2) is 47.8 Å². The van der Waals surface area contributed by atoms with Crippen LogP contribution in [0.1, 0.15) is 25.1 Å². The lowest BCUT2D eigenvalue weighted by atomic mass is 10.1. The Morgan fingerprint density at radius 1 is 0.903 bits per heavy atom. The van der Waals surface area contributed by atoms with Gasteiger partial charge in [-0.2, -0.15) is 5.10 Å².